The Balaban J connectivity index is -0.000000534. The Morgan fingerprint density at radius 2 is 2.25 bits per heavy atom. The molecule has 0 aliphatic rings. The van der Waals surface area contributed by atoms with Crippen LogP contribution in [-0.4, -0.2) is 27.4 Å². The Kier molecular flexibility index (Phi) is 8.11. The molecule has 0 saturated heterocycles. The molecule has 1 N–H and O–H groups in total. The number of carbonyl (C=O) groups excluding carboxylic acids is 1. The summed E-state index contributed by atoms with van der Waals surface area (Å²) in [4.78, 5) is 10.6. The summed E-state index contributed by atoms with van der Waals surface area (Å²) in [5.41, 5.74) is 1.00. The Bertz CT molecular complexity index is 305. The van der Waals surface area contributed by atoms with Crippen LogP contribution in [-0.2, 0) is 17.8 Å². The zero-order chi connectivity index (χ0) is 12.4. The molecule has 0 unspecified atom stereocenters. The third-order valence-corrected chi connectivity index (χ3v) is 1.89. The largest absolute Gasteiger partial charge is 0.356 e. The van der Waals surface area contributed by atoms with Gasteiger partial charge in [-0.1, -0.05) is 26.0 Å². The van der Waals surface area contributed by atoms with E-state index in [1.54, 1.807) is 4.68 Å². The van der Waals surface area contributed by atoms with E-state index in [2.05, 4.69) is 15.6 Å². The molecule has 0 aromatic carbocycles. The van der Waals surface area contributed by atoms with Crippen molar-refractivity contribution in [2.45, 2.75) is 47.1 Å². The summed E-state index contributed by atoms with van der Waals surface area (Å²) in [5.74, 6) is 0.0119. The zero-order valence-corrected chi connectivity index (χ0v) is 10.7. The molecule has 0 spiro atoms. The van der Waals surface area contributed by atoms with Gasteiger partial charge in [-0.2, -0.15) is 0 Å². The van der Waals surface area contributed by atoms with Gasteiger partial charge in [-0.3, -0.25) is 9.48 Å². The first-order chi connectivity index (χ1) is 7.72. The van der Waals surface area contributed by atoms with Crippen LogP contribution in [0.1, 0.15) is 42.7 Å². The molecule has 0 aliphatic heterocycles. The molecule has 1 amide bonds. The summed E-state index contributed by atoms with van der Waals surface area (Å²) in [6.45, 7) is 9.06. The van der Waals surface area contributed by atoms with E-state index < -0.39 is 0 Å². The van der Waals surface area contributed by atoms with E-state index in [9.17, 15) is 4.79 Å². The van der Waals surface area contributed by atoms with Crippen molar-refractivity contribution in [2.75, 3.05) is 6.54 Å². The summed E-state index contributed by atoms with van der Waals surface area (Å²) in [5, 5.41) is 10.7. The van der Waals surface area contributed by atoms with E-state index in [0.717, 1.165) is 25.1 Å². The van der Waals surface area contributed by atoms with Crippen molar-refractivity contribution in [3.63, 3.8) is 0 Å². The van der Waals surface area contributed by atoms with Gasteiger partial charge in [0.05, 0.1) is 5.69 Å². The number of hydrogen-bond donors (Lipinski definition) is 1. The summed E-state index contributed by atoms with van der Waals surface area (Å²) in [6.07, 6.45) is 3.73. The SMILES string of the molecule is CC.CCc1cn(CCCNC(C)=O)nn1.[HH].[HH]. The van der Waals surface area contributed by atoms with Gasteiger partial charge in [0, 0.05) is 29.1 Å². The van der Waals surface area contributed by atoms with Gasteiger partial charge in [-0.15, -0.1) is 5.10 Å². The molecule has 0 radical (unpaired) electrons. The summed E-state index contributed by atoms with van der Waals surface area (Å²) < 4.78 is 1.81. The molecular formula is C11H26N4O. The van der Waals surface area contributed by atoms with Gasteiger partial charge in [0.15, 0.2) is 0 Å². The summed E-state index contributed by atoms with van der Waals surface area (Å²) >= 11 is 0. The van der Waals surface area contributed by atoms with E-state index in [1.807, 2.05) is 27.0 Å². The minimum atomic E-state index is 0. The number of nitrogens with one attached hydrogen (secondary N) is 1. The fourth-order valence-corrected chi connectivity index (χ4v) is 1.12. The van der Waals surface area contributed by atoms with Gasteiger partial charge >= 0.3 is 0 Å². The number of carbonyl (C=O) groups is 1. The fourth-order valence-electron chi connectivity index (χ4n) is 1.12. The van der Waals surface area contributed by atoms with Gasteiger partial charge in [0.25, 0.3) is 0 Å². The van der Waals surface area contributed by atoms with Crippen LogP contribution in [0, 0.1) is 0 Å². The highest BCUT2D eigenvalue weighted by Crippen LogP contribution is 1.94. The highest BCUT2D eigenvalue weighted by molar-refractivity contribution is 5.72. The molecule has 5 nitrogen and oxygen atoms in total. The van der Waals surface area contributed by atoms with Crippen molar-refractivity contribution < 1.29 is 7.65 Å². The van der Waals surface area contributed by atoms with Crippen LogP contribution >= 0.6 is 0 Å². The van der Waals surface area contributed by atoms with Crippen LogP contribution < -0.4 is 5.32 Å². The summed E-state index contributed by atoms with van der Waals surface area (Å²) in [6, 6.07) is 0. The van der Waals surface area contributed by atoms with Crippen molar-refractivity contribution in [2.24, 2.45) is 0 Å². The third-order valence-electron chi connectivity index (χ3n) is 1.89. The predicted octanol–water partition coefficient (Wildman–Crippen LogP) is 1.88. The number of hydrogen-bond acceptors (Lipinski definition) is 3. The Labute approximate surface area is 100 Å². The Morgan fingerprint density at radius 3 is 2.75 bits per heavy atom. The van der Waals surface area contributed by atoms with E-state index >= 15 is 0 Å². The highest BCUT2D eigenvalue weighted by Gasteiger charge is 1.97. The van der Waals surface area contributed by atoms with Crippen LogP contribution in [0.4, 0.5) is 0 Å². The number of amides is 1. The number of aryl methyl sites for hydroxylation is 2. The van der Waals surface area contributed by atoms with E-state index in [1.165, 1.54) is 6.92 Å². The average molecular weight is 230 g/mol. The average Bonchev–Trinajstić information content (AvgIpc) is 2.75. The fraction of sp³-hybridized carbons (Fsp3) is 0.727. The van der Waals surface area contributed by atoms with Crippen LogP contribution in [0.5, 0.6) is 0 Å². The maximum absolute atomic E-state index is 10.6. The Morgan fingerprint density at radius 1 is 1.56 bits per heavy atom. The first kappa shape index (κ1) is 14.6. The number of nitrogens with zero attached hydrogens (tertiary/aromatic N) is 3. The van der Waals surface area contributed by atoms with Crippen LogP contribution in [0.15, 0.2) is 6.20 Å². The molecule has 0 saturated carbocycles. The number of rotatable bonds is 5. The van der Waals surface area contributed by atoms with Gasteiger partial charge < -0.3 is 5.32 Å². The van der Waals surface area contributed by atoms with Crippen LogP contribution in [0.25, 0.3) is 0 Å². The maximum Gasteiger partial charge on any atom is 0.216 e. The quantitative estimate of drug-likeness (QED) is 0.786. The third kappa shape index (κ3) is 6.16. The highest BCUT2D eigenvalue weighted by atomic mass is 16.1. The molecule has 1 heterocycles. The van der Waals surface area contributed by atoms with E-state index in [4.69, 9.17) is 0 Å². The molecule has 1 rings (SSSR count). The topological polar surface area (TPSA) is 59.8 Å². The van der Waals surface area contributed by atoms with Crippen molar-refractivity contribution in [3.05, 3.63) is 11.9 Å². The zero-order valence-electron chi connectivity index (χ0n) is 10.7. The standard InChI is InChI=1S/C9H16N4O.C2H6.2H2/c1-3-9-7-13(12-11-9)6-4-5-10-8(2)14;1-2;;/h7H,3-6H2,1-2H3,(H,10,14);1-2H3;2*1H. The molecule has 0 bridgehead atoms. The van der Waals surface area contributed by atoms with Gasteiger partial charge in [-0.25, -0.2) is 0 Å². The lowest BCUT2D eigenvalue weighted by Crippen LogP contribution is -2.22. The Hall–Kier alpha value is -1.39. The lowest BCUT2D eigenvalue weighted by Gasteiger charge is -2.01. The van der Waals surface area contributed by atoms with E-state index in [0.29, 0.717) is 6.54 Å². The van der Waals surface area contributed by atoms with Gasteiger partial charge in [0.1, 0.15) is 0 Å². The minimum Gasteiger partial charge on any atom is -0.356 e. The molecule has 0 fully saturated rings. The second kappa shape index (κ2) is 8.88. The molecular weight excluding hydrogens is 204 g/mol. The van der Waals surface area contributed by atoms with Crippen molar-refractivity contribution in [1.82, 2.24) is 20.3 Å². The van der Waals surface area contributed by atoms with Crippen molar-refractivity contribution in [3.8, 4) is 0 Å². The predicted molar refractivity (Wildman–Crippen MR) is 68.3 cm³/mol. The lowest BCUT2D eigenvalue weighted by atomic mass is 10.4. The van der Waals surface area contributed by atoms with Gasteiger partial charge in [0.2, 0.25) is 5.91 Å². The van der Waals surface area contributed by atoms with Gasteiger partial charge in [-0.05, 0) is 12.8 Å². The normalized spacial score (nSPS) is 9.25. The van der Waals surface area contributed by atoms with Crippen LogP contribution in [0.3, 0.4) is 0 Å². The monoisotopic (exact) mass is 230 g/mol. The van der Waals surface area contributed by atoms with Crippen molar-refractivity contribution >= 4 is 5.91 Å². The summed E-state index contributed by atoms with van der Waals surface area (Å²) in [7, 11) is 0. The molecule has 1 aromatic rings. The van der Waals surface area contributed by atoms with Crippen LogP contribution in [0.2, 0.25) is 0 Å². The van der Waals surface area contributed by atoms with Crippen molar-refractivity contribution in [1.29, 1.82) is 0 Å². The second-order valence-corrected chi connectivity index (χ2v) is 3.16. The molecule has 0 atom stereocenters. The molecule has 0 aliphatic carbocycles. The number of aromatic nitrogens is 3. The molecule has 1 aromatic heterocycles. The first-order valence-corrected chi connectivity index (χ1v) is 5.86. The first-order valence-electron chi connectivity index (χ1n) is 5.86. The van der Waals surface area contributed by atoms with E-state index in [-0.39, 0.29) is 8.76 Å². The minimum absolute atomic E-state index is 0. The smallest absolute Gasteiger partial charge is 0.216 e. The maximum atomic E-state index is 10.6. The molecule has 96 valence electrons. The molecule has 16 heavy (non-hydrogen) atoms. The molecule has 5 heteroatoms. The second-order valence-electron chi connectivity index (χ2n) is 3.16. The lowest BCUT2D eigenvalue weighted by molar-refractivity contribution is -0.118.